The summed E-state index contributed by atoms with van der Waals surface area (Å²) >= 11 is 0. The summed E-state index contributed by atoms with van der Waals surface area (Å²) in [5.74, 6) is 2.32. The molecule has 2 aliphatic rings. The van der Waals surface area contributed by atoms with Crippen LogP contribution in [0.2, 0.25) is 0 Å². The van der Waals surface area contributed by atoms with Gasteiger partial charge in [-0.1, -0.05) is 19.3 Å². The van der Waals surface area contributed by atoms with Crippen molar-refractivity contribution >= 4 is 12.0 Å². The van der Waals surface area contributed by atoms with Gasteiger partial charge < -0.3 is 14.9 Å². The third-order valence-electron chi connectivity index (χ3n) is 4.53. The fourth-order valence-electron chi connectivity index (χ4n) is 3.13. The van der Waals surface area contributed by atoms with Gasteiger partial charge in [0.1, 0.15) is 0 Å². The molecule has 0 spiro atoms. The molecule has 0 aromatic carbocycles. The van der Waals surface area contributed by atoms with Crippen molar-refractivity contribution in [1.29, 1.82) is 0 Å². The molecule has 1 N–H and O–H groups in total. The Morgan fingerprint density at radius 3 is 2.71 bits per heavy atom. The molecule has 1 heterocycles. The van der Waals surface area contributed by atoms with Crippen molar-refractivity contribution in [3.63, 3.8) is 0 Å². The Bertz CT molecular complexity index is 453. The van der Waals surface area contributed by atoms with Gasteiger partial charge in [0, 0.05) is 19.6 Å². The van der Waals surface area contributed by atoms with E-state index in [1.54, 1.807) is 9.80 Å². The number of carboxylic acid groups (broad SMARTS) is 1. The standard InChI is InChI=1S/C16H24N2O3/c1-3-7-16(14(19)20)8-10-18(12-16)15(21)17(9-4-2)11-13-5-6-13/h2,13H,3,5-12H2,1H3,(H,19,20). The van der Waals surface area contributed by atoms with Crippen LogP contribution in [0.1, 0.15) is 39.0 Å². The number of rotatable bonds is 6. The van der Waals surface area contributed by atoms with Gasteiger partial charge in [0.2, 0.25) is 0 Å². The second-order valence-electron chi connectivity index (χ2n) is 6.32. The summed E-state index contributed by atoms with van der Waals surface area (Å²) in [6.07, 6.45) is 9.63. The number of hydrogen-bond acceptors (Lipinski definition) is 2. The van der Waals surface area contributed by atoms with Crippen LogP contribution in [0.25, 0.3) is 0 Å². The molecule has 2 amide bonds. The molecule has 1 aliphatic carbocycles. The molecule has 5 heteroatoms. The van der Waals surface area contributed by atoms with E-state index in [2.05, 4.69) is 5.92 Å². The van der Waals surface area contributed by atoms with Gasteiger partial charge in [-0.05, 0) is 31.6 Å². The average molecular weight is 292 g/mol. The van der Waals surface area contributed by atoms with Gasteiger partial charge in [-0.3, -0.25) is 4.79 Å². The molecule has 0 aromatic rings. The highest BCUT2D eigenvalue weighted by molar-refractivity contribution is 5.80. The zero-order valence-corrected chi connectivity index (χ0v) is 12.7. The maximum absolute atomic E-state index is 12.6. The summed E-state index contributed by atoms with van der Waals surface area (Å²) in [6, 6.07) is -0.0981. The monoisotopic (exact) mass is 292 g/mol. The lowest BCUT2D eigenvalue weighted by Crippen LogP contribution is -2.45. The lowest BCUT2D eigenvalue weighted by atomic mass is 9.83. The Balaban J connectivity index is 2.02. The number of likely N-dealkylation sites (tertiary alicyclic amines) is 1. The Kier molecular flexibility index (Phi) is 4.76. The van der Waals surface area contributed by atoms with Crippen LogP contribution in [-0.4, -0.2) is 53.1 Å². The third-order valence-corrected chi connectivity index (χ3v) is 4.53. The van der Waals surface area contributed by atoms with Crippen molar-refractivity contribution in [3.8, 4) is 12.3 Å². The molecule has 2 fully saturated rings. The summed E-state index contributed by atoms with van der Waals surface area (Å²) in [5.41, 5.74) is -0.772. The first-order chi connectivity index (χ1) is 10.0. The quantitative estimate of drug-likeness (QED) is 0.762. The molecule has 1 saturated heterocycles. The average Bonchev–Trinajstić information content (AvgIpc) is 3.15. The van der Waals surface area contributed by atoms with Crippen molar-refractivity contribution in [2.75, 3.05) is 26.2 Å². The summed E-state index contributed by atoms with van der Waals surface area (Å²) in [5, 5.41) is 9.51. The van der Waals surface area contributed by atoms with Crippen LogP contribution in [0.4, 0.5) is 4.79 Å². The van der Waals surface area contributed by atoms with Gasteiger partial charge in [0.15, 0.2) is 0 Å². The summed E-state index contributed by atoms with van der Waals surface area (Å²) < 4.78 is 0. The Morgan fingerprint density at radius 1 is 1.48 bits per heavy atom. The molecule has 21 heavy (non-hydrogen) atoms. The van der Waals surface area contributed by atoms with Gasteiger partial charge in [-0.25, -0.2) is 4.79 Å². The minimum Gasteiger partial charge on any atom is -0.481 e. The summed E-state index contributed by atoms with van der Waals surface area (Å²) in [4.78, 5) is 27.5. The highest BCUT2D eigenvalue weighted by atomic mass is 16.4. The van der Waals surface area contributed by atoms with Crippen molar-refractivity contribution in [1.82, 2.24) is 9.80 Å². The van der Waals surface area contributed by atoms with E-state index in [9.17, 15) is 14.7 Å². The molecule has 0 bridgehead atoms. The van der Waals surface area contributed by atoms with Crippen molar-refractivity contribution in [2.24, 2.45) is 11.3 Å². The highest BCUT2D eigenvalue weighted by Crippen LogP contribution is 2.36. The normalized spacial score (nSPS) is 24.7. The summed E-state index contributed by atoms with van der Waals surface area (Å²) in [6.45, 7) is 3.80. The van der Waals surface area contributed by atoms with Crippen LogP contribution in [0.5, 0.6) is 0 Å². The van der Waals surface area contributed by atoms with Crippen molar-refractivity contribution in [2.45, 2.75) is 39.0 Å². The van der Waals surface area contributed by atoms with E-state index in [1.807, 2.05) is 6.92 Å². The predicted octanol–water partition coefficient (Wildman–Crippen LogP) is 2.03. The second kappa shape index (κ2) is 6.38. The highest BCUT2D eigenvalue weighted by Gasteiger charge is 2.46. The third kappa shape index (κ3) is 3.49. The number of carbonyl (C=O) groups excluding carboxylic acids is 1. The number of carbonyl (C=O) groups is 2. The SMILES string of the molecule is C#CCN(CC1CC1)C(=O)N1CCC(CCC)(C(=O)O)C1. The first-order valence-electron chi connectivity index (χ1n) is 7.73. The fourth-order valence-corrected chi connectivity index (χ4v) is 3.13. The molecule has 0 aromatic heterocycles. The first-order valence-corrected chi connectivity index (χ1v) is 7.73. The van der Waals surface area contributed by atoms with Gasteiger partial charge in [0.25, 0.3) is 0 Å². The molecular formula is C16H24N2O3. The minimum atomic E-state index is -0.787. The maximum Gasteiger partial charge on any atom is 0.320 e. The number of nitrogens with zero attached hydrogens (tertiary/aromatic N) is 2. The van der Waals surface area contributed by atoms with E-state index >= 15 is 0 Å². The number of aliphatic carboxylic acids is 1. The van der Waals surface area contributed by atoms with Crippen LogP contribution in [0, 0.1) is 23.7 Å². The Morgan fingerprint density at radius 2 is 2.19 bits per heavy atom. The second-order valence-corrected chi connectivity index (χ2v) is 6.32. The van der Waals surface area contributed by atoms with E-state index in [-0.39, 0.29) is 6.03 Å². The Labute approximate surface area is 126 Å². The predicted molar refractivity (Wildman–Crippen MR) is 79.7 cm³/mol. The summed E-state index contributed by atoms with van der Waals surface area (Å²) in [7, 11) is 0. The van der Waals surface area contributed by atoms with E-state index in [0.717, 1.165) is 19.3 Å². The molecular weight excluding hydrogens is 268 g/mol. The largest absolute Gasteiger partial charge is 0.481 e. The molecule has 5 nitrogen and oxygen atoms in total. The zero-order valence-electron chi connectivity index (χ0n) is 12.7. The van der Waals surface area contributed by atoms with Crippen molar-refractivity contribution in [3.05, 3.63) is 0 Å². The van der Waals surface area contributed by atoms with Gasteiger partial charge in [-0.15, -0.1) is 6.42 Å². The van der Waals surface area contributed by atoms with E-state index in [0.29, 0.717) is 44.9 Å². The first kappa shape index (κ1) is 15.7. The number of urea groups is 1. The van der Waals surface area contributed by atoms with Gasteiger partial charge in [-0.2, -0.15) is 0 Å². The van der Waals surface area contributed by atoms with Crippen LogP contribution >= 0.6 is 0 Å². The number of amides is 2. The molecule has 1 atom stereocenters. The molecule has 1 saturated carbocycles. The molecule has 116 valence electrons. The lowest BCUT2D eigenvalue weighted by molar-refractivity contribution is -0.148. The van der Waals surface area contributed by atoms with Gasteiger partial charge in [0.05, 0.1) is 12.0 Å². The lowest BCUT2D eigenvalue weighted by Gasteiger charge is -2.28. The number of hydrogen-bond donors (Lipinski definition) is 1. The van der Waals surface area contributed by atoms with Crippen molar-refractivity contribution < 1.29 is 14.7 Å². The number of terminal acetylenes is 1. The topological polar surface area (TPSA) is 60.9 Å². The smallest absolute Gasteiger partial charge is 0.320 e. The van der Waals surface area contributed by atoms with E-state index in [4.69, 9.17) is 6.42 Å². The maximum atomic E-state index is 12.6. The van der Waals surface area contributed by atoms with E-state index in [1.165, 1.54) is 0 Å². The Hall–Kier alpha value is -1.70. The number of carboxylic acids is 1. The van der Waals surface area contributed by atoms with Crippen LogP contribution in [0.3, 0.4) is 0 Å². The van der Waals surface area contributed by atoms with Crippen LogP contribution in [-0.2, 0) is 4.79 Å². The van der Waals surface area contributed by atoms with E-state index < -0.39 is 11.4 Å². The zero-order chi connectivity index (χ0) is 15.5. The molecule has 1 aliphatic heterocycles. The van der Waals surface area contributed by atoms with Crippen LogP contribution in [0.15, 0.2) is 0 Å². The molecule has 2 rings (SSSR count). The van der Waals surface area contributed by atoms with Gasteiger partial charge >= 0.3 is 12.0 Å². The fraction of sp³-hybridized carbons (Fsp3) is 0.750. The van der Waals surface area contributed by atoms with Crippen LogP contribution < -0.4 is 0 Å². The molecule has 1 unspecified atom stereocenters. The molecule has 0 radical (unpaired) electrons. The minimum absolute atomic E-state index is 0.0981.